The molecular weight excluding hydrogens is 680 g/mol. The molecule has 1 aromatic heterocycles. The highest BCUT2D eigenvalue weighted by molar-refractivity contribution is 7.92. The van der Waals surface area contributed by atoms with Crippen LogP contribution in [0.3, 0.4) is 0 Å². The Labute approximate surface area is 284 Å². The predicted molar refractivity (Wildman–Crippen MR) is 177 cm³/mol. The third-order valence-corrected chi connectivity index (χ3v) is 10.5. The topological polar surface area (TPSA) is 120 Å². The summed E-state index contributed by atoms with van der Waals surface area (Å²) < 4.78 is 95.0. The molecule has 0 spiro atoms. The second kappa shape index (κ2) is 12.9. The second-order valence-corrected chi connectivity index (χ2v) is 13.6. The summed E-state index contributed by atoms with van der Waals surface area (Å²) in [6.45, 7) is 3.76. The smallest absolute Gasteiger partial charge is 0.412 e. The lowest BCUT2D eigenvalue weighted by Crippen LogP contribution is -2.33. The van der Waals surface area contributed by atoms with Gasteiger partial charge in [0.1, 0.15) is 12.0 Å². The highest BCUT2D eigenvalue weighted by atomic mass is 32.2. The molecule has 6 rings (SSSR count). The molecule has 0 radical (unpaired) electrons. The molecule has 4 aromatic rings. The van der Waals surface area contributed by atoms with Crippen LogP contribution in [-0.4, -0.2) is 56.4 Å². The maximum atomic E-state index is 14.8. The normalized spacial score (nSPS) is 16.0. The fraction of sp³-hybridized carbons (Fsp3) is 0.229. The van der Waals surface area contributed by atoms with Crippen LogP contribution >= 0.6 is 0 Å². The third-order valence-electron chi connectivity index (χ3n) is 8.74. The van der Waals surface area contributed by atoms with E-state index in [1.165, 1.54) is 31.3 Å². The average molecular weight is 711 g/mol. The van der Waals surface area contributed by atoms with Crippen LogP contribution in [0.2, 0.25) is 0 Å². The van der Waals surface area contributed by atoms with Crippen LogP contribution < -0.4 is 9.62 Å². The molecule has 10 nitrogen and oxygen atoms in total. The molecule has 15 heteroatoms. The van der Waals surface area contributed by atoms with Gasteiger partial charge in [0.2, 0.25) is 0 Å². The Bertz CT molecular complexity index is 2240. The van der Waals surface area contributed by atoms with Gasteiger partial charge in [-0.25, -0.2) is 22.6 Å². The molecule has 1 atom stereocenters. The number of aryl methyl sites for hydroxylation is 1. The number of ether oxygens (including phenoxy) is 2. The number of amides is 1. The first-order valence-electron chi connectivity index (χ1n) is 15.1. The van der Waals surface area contributed by atoms with Crippen molar-refractivity contribution in [3.8, 4) is 11.1 Å². The van der Waals surface area contributed by atoms with E-state index in [1.54, 1.807) is 42.0 Å². The fourth-order valence-electron chi connectivity index (χ4n) is 6.01. The summed E-state index contributed by atoms with van der Waals surface area (Å²) in [6, 6.07) is 12.5. The number of nitrogens with one attached hydrogen (secondary N) is 1. The number of hydrogen-bond donors (Lipinski definition) is 1. The van der Waals surface area contributed by atoms with Crippen molar-refractivity contribution in [3.63, 3.8) is 0 Å². The molecule has 3 aromatic carbocycles. The number of carbonyl (C=O) groups excluding carboxylic acids is 2. The number of anilines is 1. The standard InChI is InChI=1S/C35H30F4N4O6S/c1-5-30-40-28-16-23(11-13-29(28)42(30)2)50(46,47)43(3)22-9-6-19(7-10-22)24-14-20-17-49-18-25(20)31(32(24)34(45)48-4)33(44)41-27-12-8-21(15-26(27)36)35(37,38)39/h5-14,16,26H,1,15,17-18H2,2-4H3,(H,41,44). The summed E-state index contributed by atoms with van der Waals surface area (Å²) in [6.07, 6.45) is -4.73. The second-order valence-electron chi connectivity index (χ2n) is 11.6. The third kappa shape index (κ3) is 6.07. The number of fused-ring (bicyclic) bond motifs is 2. The largest absolute Gasteiger partial charge is 0.465 e. The minimum absolute atomic E-state index is 0.0151. The molecule has 1 aliphatic carbocycles. The molecule has 0 saturated heterocycles. The first kappa shape index (κ1) is 34.6. The maximum Gasteiger partial charge on any atom is 0.412 e. The Morgan fingerprint density at radius 3 is 2.46 bits per heavy atom. The molecule has 2 aliphatic rings. The minimum atomic E-state index is -4.72. The maximum absolute atomic E-state index is 14.8. The zero-order chi connectivity index (χ0) is 36.1. The number of methoxy groups -OCH3 is 1. The fourth-order valence-corrected chi connectivity index (χ4v) is 7.22. The van der Waals surface area contributed by atoms with Crippen molar-refractivity contribution >= 4 is 44.7 Å². The highest BCUT2D eigenvalue weighted by Crippen LogP contribution is 2.38. The summed E-state index contributed by atoms with van der Waals surface area (Å²) in [5, 5.41) is 2.35. The first-order chi connectivity index (χ1) is 23.6. The van der Waals surface area contributed by atoms with E-state index < -0.39 is 51.9 Å². The van der Waals surface area contributed by atoms with E-state index >= 15 is 0 Å². The lowest BCUT2D eigenvalue weighted by atomic mass is 9.88. The number of halogens is 4. The lowest BCUT2D eigenvalue weighted by Gasteiger charge is -2.23. The number of imidazole rings is 1. The number of aromatic nitrogens is 2. The number of carbonyl (C=O) groups is 2. The molecular formula is C35H30F4N4O6S. The molecule has 50 heavy (non-hydrogen) atoms. The predicted octanol–water partition coefficient (Wildman–Crippen LogP) is 6.37. The van der Waals surface area contributed by atoms with Gasteiger partial charge in [0, 0.05) is 26.1 Å². The SMILES string of the molecule is C=Cc1nc2cc(S(=O)(=O)N(C)c3ccc(-c4cc5c(c(C(=O)NC6=CC=C(C(F)(F)F)CC6F)c4C(=O)OC)COC5)cc3)ccc2n1C. The molecule has 0 saturated carbocycles. The van der Waals surface area contributed by atoms with Gasteiger partial charge >= 0.3 is 12.1 Å². The number of rotatable bonds is 8. The number of nitrogens with zero attached hydrogens (tertiary/aromatic N) is 3. The molecule has 0 fully saturated rings. The summed E-state index contributed by atoms with van der Waals surface area (Å²) in [4.78, 5) is 31.4. The van der Waals surface area contributed by atoms with Gasteiger partial charge in [0.25, 0.3) is 15.9 Å². The van der Waals surface area contributed by atoms with Crippen LogP contribution in [0, 0.1) is 0 Å². The number of benzene rings is 3. The van der Waals surface area contributed by atoms with Crippen molar-refractivity contribution in [2.75, 3.05) is 18.5 Å². The summed E-state index contributed by atoms with van der Waals surface area (Å²) in [5.74, 6) is -1.25. The molecule has 0 bridgehead atoms. The van der Waals surface area contributed by atoms with Crippen LogP contribution in [0.15, 0.2) is 83.4 Å². The van der Waals surface area contributed by atoms with E-state index in [2.05, 4.69) is 16.9 Å². The summed E-state index contributed by atoms with van der Waals surface area (Å²) in [7, 11) is 0.263. The van der Waals surface area contributed by atoms with E-state index in [9.17, 15) is 35.6 Å². The van der Waals surface area contributed by atoms with Gasteiger partial charge in [0.15, 0.2) is 0 Å². The molecule has 1 N–H and O–H groups in total. The average Bonchev–Trinajstić information content (AvgIpc) is 3.70. The van der Waals surface area contributed by atoms with Crippen molar-refractivity contribution in [1.29, 1.82) is 0 Å². The van der Waals surface area contributed by atoms with Crippen molar-refractivity contribution in [2.24, 2.45) is 7.05 Å². The van der Waals surface area contributed by atoms with Gasteiger partial charge in [-0.2, -0.15) is 13.2 Å². The molecule has 1 amide bonds. The van der Waals surface area contributed by atoms with Gasteiger partial charge in [0.05, 0.1) is 58.8 Å². The Kier molecular flexibility index (Phi) is 8.90. The molecule has 1 unspecified atom stereocenters. The monoisotopic (exact) mass is 710 g/mol. The number of allylic oxidation sites excluding steroid dienone is 4. The molecule has 1 aliphatic heterocycles. The lowest BCUT2D eigenvalue weighted by molar-refractivity contribution is -0.0956. The van der Waals surface area contributed by atoms with Gasteiger partial charge in [-0.3, -0.25) is 9.10 Å². The van der Waals surface area contributed by atoms with Gasteiger partial charge in [-0.15, -0.1) is 0 Å². The van der Waals surface area contributed by atoms with Crippen LogP contribution in [0.1, 0.15) is 44.1 Å². The van der Waals surface area contributed by atoms with Gasteiger partial charge < -0.3 is 19.4 Å². The minimum Gasteiger partial charge on any atom is -0.465 e. The van der Waals surface area contributed by atoms with E-state index in [4.69, 9.17) is 9.47 Å². The van der Waals surface area contributed by atoms with Gasteiger partial charge in [-0.1, -0.05) is 24.8 Å². The summed E-state index contributed by atoms with van der Waals surface area (Å²) >= 11 is 0. The first-order valence-corrected chi connectivity index (χ1v) is 16.6. The molecule has 260 valence electrons. The van der Waals surface area contributed by atoms with E-state index in [-0.39, 0.29) is 40.5 Å². The van der Waals surface area contributed by atoms with Crippen LogP contribution in [0.4, 0.5) is 23.2 Å². The van der Waals surface area contributed by atoms with Crippen molar-refractivity contribution in [2.45, 2.75) is 36.9 Å². The van der Waals surface area contributed by atoms with E-state index in [1.807, 2.05) is 0 Å². The van der Waals surface area contributed by atoms with Crippen LogP contribution in [0.5, 0.6) is 0 Å². The van der Waals surface area contributed by atoms with Crippen molar-refractivity contribution < 1.29 is 45.0 Å². The Hall–Kier alpha value is -5.28. The van der Waals surface area contributed by atoms with Crippen molar-refractivity contribution in [1.82, 2.24) is 14.9 Å². The van der Waals surface area contributed by atoms with Crippen molar-refractivity contribution in [3.05, 3.63) is 107 Å². The van der Waals surface area contributed by atoms with Gasteiger partial charge in [-0.05, 0) is 70.8 Å². The van der Waals surface area contributed by atoms with E-state index in [0.717, 1.165) is 23.0 Å². The Morgan fingerprint density at radius 1 is 1.10 bits per heavy atom. The summed E-state index contributed by atoms with van der Waals surface area (Å²) in [5.41, 5.74) is 1.23. The Morgan fingerprint density at radius 2 is 1.82 bits per heavy atom. The number of sulfonamides is 1. The quantitative estimate of drug-likeness (QED) is 0.167. The zero-order valence-electron chi connectivity index (χ0n) is 27.0. The highest BCUT2D eigenvalue weighted by Gasteiger charge is 2.38. The van der Waals surface area contributed by atoms with Crippen LogP contribution in [-0.2, 0) is 39.8 Å². The number of esters is 1. The van der Waals surface area contributed by atoms with Crippen LogP contribution in [0.25, 0.3) is 28.2 Å². The molecule has 2 heterocycles. The zero-order valence-corrected chi connectivity index (χ0v) is 27.8. The Balaban J connectivity index is 1.36. The number of hydrogen-bond acceptors (Lipinski definition) is 7. The number of alkyl halides is 4. The van der Waals surface area contributed by atoms with E-state index in [0.29, 0.717) is 34.1 Å².